The van der Waals surface area contributed by atoms with Crippen molar-refractivity contribution < 1.29 is 0 Å². The highest BCUT2D eigenvalue weighted by molar-refractivity contribution is 5.44. The van der Waals surface area contributed by atoms with Crippen molar-refractivity contribution in [1.29, 1.82) is 0 Å². The Morgan fingerprint density at radius 2 is 1.34 bits per heavy atom. The van der Waals surface area contributed by atoms with Crippen LogP contribution >= 0.6 is 0 Å². The highest BCUT2D eigenvalue weighted by Gasteiger charge is 2.12. The van der Waals surface area contributed by atoms with Gasteiger partial charge in [0.2, 0.25) is 0 Å². The summed E-state index contributed by atoms with van der Waals surface area (Å²) in [7, 11) is 0. The third-order valence-electron chi connectivity index (χ3n) is 6.15. The van der Waals surface area contributed by atoms with Crippen LogP contribution in [-0.4, -0.2) is 0 Å². The smallest absolute Gasteiger partial charge is 0.0249 e. The van der Waals surface area contributed by atoms with Crippen molar-refractivity contribution in [2.24, 2.45) is 5.92 Å². The number of hydrogen-bond acceptors (Lipinski definition) is 0. The van der Waals surface area contributed by atoms with E-state index in [1.165, 1.54) is 75.3 Å². The predicted molar refractivity (Wildman–Crippen MR) is 126 cm³/mol. The summed E-state index contributed by atoms with van der Waals surface area (Å²) in [4.78, 5) is 0. The van der Waals surface area contributed by atoms with Gasteiger partial charge >= 0.3 is 0 Å². The Morgan fingerprint density at radius 1 is 0.759 bits per heavy atom. The van der Waals surface area contributed by atoms with Gasteiger partial charge in [-0.3, -0.25) is 0 Å². The maximum Gasteiger partial charge on any atom is 0.0249 e. The molecule has 29 heavy (non-hydrogen) atoms. The van der Waals surface area contributed by atoms with Gasteiger partial charge in [-0.1, -0.05) is 80.4 Å². The fraction of sp³-hybridized carbons (Fsp3) is 0.448. The maximum atomic E-state index is 3.32. The van der Waals surface area contributed by atoms with Crippen LogP contribution in [0.4, 0.5) is 0 Å². The third kappa shape index (κ3) is 7.94. The SMILES string of the molecule is C/C=C/CCCCc1ccc(C#Cc2ccc(CCC3CCCCC3)cc2)cc1. The molecule has 1 aliphatic rings. The van der Waals surface area contributed by atoms with Crippen LogP contribution in [-0.2, 0) is 12.8 Å². The van der Waals surface area contributed by atoms with Crippen LogP contribution < -0.4 is 0 Å². The molecule has 0 unspecified atom stereocenters. The van der Waals surface area contributed by atoms with Crippen LogP contribution in [0.3, 0.4) is 0 Å². The Morgan fingerprint density at radius 3 is 1.93 bits per heavy atom. The number of rotatable bonds is 8. The fourth-order valence-electron chi connectivity index (χ4n) is 4.26. The molecule has 0 spiro atoms. The molecule has 0 atom stereocenters. The molecule has 0 amide bonds. The first kappa shape index (κ1) is 21.4. The quantitative estimate of drug-likeness (QED) is 0.246. The van der Waals surface area contributed by atoms with Crippen LogP contribution in [0, 0.1) is 17.8 Å². The summed E-state index contributed by atoms with van der Waals surface area (Å²) in [6.45, 7) is 2.09. The molecule has 1 aliphatic carbocycles. The summed E-state index contributed by atoms with van der Waals surface area (Å²) >= 11 is 0. The van der Waals surface area contributed by atoms with E-state index in [-0.39, 0.29) is 0 Å². The molecule has 0 heterocycles. The molecule has 152 valence electrons. The number of allylic oxidation sites excluding steroid dienone is 2. The van der Waals surface area contributed by atoms with Crippen LogP contribution in [0.25, 0.3) is 0 Å². The molecule has 0 radical (unpaired) electrons. The number of aryl methyl sites for hydroxylation is 2. The zero-order valence-electron chi connectivity index (χ0n) is 18.1. The minimum Gasteiger partial charge on any atom is -0.0917 e. The number of unbranched alkanes of at least 4 members (excludes halogenated alkanes) is 2. The molecule has 0 aliphatic heterocycles. The van der Waals surface area contributed by atoms with E-state index in [9.17, 15) is 0 Å². The Labute approximate surface area is 178 Å². The van der Waals surface area contributed by atoms with E-state index >= 15 is 0 Å². The van der Waals surface area contributed by atoms with Gasteiger partial charge in [-0.05, 0) is 86.8 Å². The van der Waals surface area contributed by atoms with Gasteiger partial charge in [0, 0.05) is 11.1 Å². The van der Waals surface area contributed by atoms with E-state index < -0.39 is 0 Å². The lowest BCUT2D eigenvalue weighted by atomic mass is 9.85. The van der Waals surface area contributed by atoms with Crippen molar-refractivity contribution in [3.8, 4) is 11.8 Å². The molecule has 1 fully saturated rings. The third-order valence-corrected chi connectivity index (χ3v) is 6.15. The summed E-state index contributed by atoms with van der Waals surface area (Å²) in [5.74, 6) is 7.60. The summed E-state index contributed by atoms with van der Waals surface area (Å²) < 4.78 is 0. The second kappa shape index (κ2) is 12.3. The van der Waals surface area contributed by atoms with E-state index in [2.05, 4.69) is 79.4 Å². The summed E-state index contributed by atoms with van der Waals surface area (Å²) in [6.07, 6.45) is 19.0. The average molecular weight is 385 g/mol. The molecule has 0 bridgehead atoms. The van der Waals surface area contributed by atoms with Crippen LogP contribution in [0.5, 0.6) is 0 Å². The highest BCUT2D eigenvalue weighted by Crippen LogP contribution is 2.27. The van der Waals surface area contributed by atoms with Crippen molar-refractivity contribution in [2.45, 2.75) is 77.6 Å². The first-order chi connectivity index (χ1) is 14.3. The first-order valence-corrected chi connectivity index (χ1v) is 11.6. The lowest BCUT2D eigenvalue weighted by Gasteiger charge is -2.21. The normalized spacial score (nSPS) is 14.7. The van der Waals surface area contributed by atoms with Gasteiger partial charge in [0.05, 0.1) is 0 Å². The van der Waals surface area contributed by atoms with Crippen molar-refractivity contribution in [1.82, 2.24) is 0 Å². The van der Waals surface area contributed by atoms with E-state index in [1.54, 1.807) is 0 Å². The van der Waals surface area contributed by atoms with E-state index in [0.29, 0.717) is 0 Å². The Bertz CT molecular complexity index is 790. The lowest BCUT2D eigenvalue weighted by Crippen LogP contribution is -2.07. The van der Waals surface area contributed by atoms with Crippen LogP contribution in [0.1, 0.15) is 87.0 Å². The molecule has 3 rings (SSSR count). The molecule has 2 aromatic rings. The van der Waals surface area contributed by atoms with Gasteiger partial charge in [0.15, 0.2) is 0 Å². The summed E-state index contributed by atoms with van der Waals surface area (Å²) in [5.41, 5.74) is 5.08. The monoisotopic (exact) mass is 384 g/mol. The van der Waals surface area contributed by atoms with Crippen LogP contribution in [0.2, 0.25) is 0 Å². The molecule has 1 saturated carbocycles. The predicted octanol–water partition coefficient (Wildman–Crippen LogP) is 7.89. The first-order valence-electron chi connectivity index (χ1n) is 11.6. The van der Waals surface area contributed by atoms with Gasteiger partial charge in [-0.2, -0.15) is 0 Å². The Kier molecular flexibility index (Phi) is 9.12. The number of hydrogen-bond donors (Lipinski definition) is 0. The van der Waals surface area contributed by atoms with E-state index in [1.807, 2.05) is 0 Å². The second-order valence-electron chi connectivity index (χ2n) is 8.50. The van der Waals surface area contributed by atoms with Crippen molar-refractivity contribution >= 4 is 0 Å². The summed E-state index contributed by atoms with van der Waals surface area (Å²) in [5, 5.41) is 0. The molecule has 0 heteroatoms. The van der Waals surface area contributed by atoms with E-state index in [4.69, 9.17) is 0 Å². The topological polar surface area (TPSA) is 0 Å². The van der Waals surface area contributed by atoms with Gasteiger partial charge < -0.3 is 0 Å². The lowest BCUT2D eigenvalue weighted by molar-refractivity contribution is 0.339. The second-order valence-corrected chi connectivity index (χ2v) is 8.50. The van der Waals surface area contributed by atoms with Gasteiger partial charge in [0.25, 0.3) is 0 Å². The molecule has 0 aromatic heterocycles. The van der Waals surface area contributed by atoms with Crippen LogP contribution in [0.15, 0.2) is 60.7 Å². The highest BCUT2D eigenvalue weighted by atomic mass is 14.2. The minimum atomic E-state index is 0.958. The van der Waals surface area contributed by atoms with E-state index in [0.717, 1.165) is 23.5 Å². The van der Waals surface area contributed by atoms with Crippen molar-refractivity contribution in [2.75, 3.05) is 0 Å². The molecule has 0 saturated heterocycles. The summed E-state index contributed by atoms with van der Waals surface area (Å²) in [6, 6.07) is 17.7. The average Bonchev–Trinajstić information content (AvgIpc) is 2.78. The molecular formula is C29H36. The zero-order valence-corrected chi connectivity index (χ0v) is 18.1. The van der Waals surface area contributed by atoms with Gasteiger partial charge in [0.1, 0.15) is 0 Å². The maximum absolute atomic E-state index is 3.32. The largest absolute Gasteiger partial charge is 0.0917 e. The molecule has 0 nitrogen and oxygen atoms in total. The van der Waals surface area contributed by atoms with Crippen molar-refractivity contribution in [3.63, 3.8) is 0 Å². The zero-order chi connectivity index (χ0) is 20.2. The molecule has 2 aromatic carbocycles. The minimum absolute atomic E-state index is 0.958. The van der Waals surface area contributed by atoms with Gasteiger partial charge in [-0.25, -0.2) is 0 Å². The standard InChI is InChI=1S/C29H36/c1-2-3-4-5-7-12-26-14-17-28(18-15-26)21-24-29-22-19-27(20-23-29)16-13-25-10-8-6-9-11-25/h2-3,14-15,17-20,22-23,25H,4-13,16H2,1H3/b3-2+. The Hall–Kier alpha value is -2.26. The molecular weight excluding hydrogens is 348 g/mol. The number of benzene rings is 2. The van der Waals surface area contributed by atoms with Gasteiger partial charge in [-0.15, -0.1) is 0 Å². The molecule has 0 N–H and O–H groups in total. The van der Waals surface area contributed by atoms with Crippen molar-refractivity contribution in [3.05, 3.63) is 82.9 Å². The fourth-order valence-corrected chi connectivity index (χ4v) is 4.26. The Balaban J connectivity index is 1.45.